The Morgan fingerprint density at radius 2 is 2.25 bits per heavy atom. The van der Waals surface area contributed by atoms with Crippen LogP contribution in [0.3, 0.4) is 0 Å². The maximum absolute atomic E-state index is 10.6. The van der Waals surface area contributed by atoms with E-state index in [4.69, 9.17) is 0 Å². The Hall–Kier alpha value is -0.850. The Labute approximate surface area is 109 Å². The molecule has 0 saturated carbocycles. The summed E-state index contributed by atoms with van der Waals surface area (Å²) in [5, 5.41) is 13.9. The summed E-state index contributed by atoms with van der Waals surface area (Å²) in [6.07, 6.45) is 1.12. The molecule has 1 aromatic rings. The summed E-state index contributed by atoms with van der Waals surface area (Å²) in [4.78, 5) is 10.2. The topological polar surface area (TPSA) is 55.2 Å². The van der Waals surface area contributed by atoms with Gasteiger partial charge in [0.05, 0.1) is 4.92 Å². The molecular weight excluding hydrogens is 319 g/mol. The first-order valence-corrected chi connectivity index (χ1v) is 6.30. The quantitative estimate of drug-likeness (QED) is 0.508. The third-order valence-electron chi connectivity index (χ3n) is 2.50. The molecule has 4 nitrogen and oxygen atoms in total. The van der Waals surface area contributed by atoms with Crippen LogP contribution in [0, 0.1) is 19.6 Å². The Morgan fingerprint density at radius 1 is 1.56 bits per heavy atom. The minimum Gasteiger partial charge on any atom is -0.384 e. The fourth-order valence-electron chi connectivity index (χ4n) is 1.19. The molecule has 0 amide bonds. The molecule has 1 rings (SSSR count). The first-order chi connectivity index (χ1) is 7.54. The first-order valence-electron chi connectivity index (χ1n) is 5.22. The standard InChI is InChI=1S/C11H15IN2O2/c1-3-8(2)7-13-11-5-4-9(14(15)16)6-10(11)12/h4-6,8,13H,3,7H2,1-2H3. The van der Waals surface area contributed by atoms with Crippen LogP contribution in [0.1, 0.15) is 20.3 Å². The number of hydrogen-bond acceptors (Lipinski definition) is 3. The highest BCUT2D eigenvalue weighted by Crippen LogP contribution is 2.23. The van der Waals surface area contributed by atoms with Gasteiger partial charge < -0.3 is 5.32 Å². The van der Waals surface area contributed by atoms with E-state index in [-0.39, 0.29) is 10.6 Å². The number of rotatable bonds is 5. The van der Waals surface area contributed by atoms with Crippen molar-refractivity contribution >= 4 is 34.0 Å². The highest BCUT2D eigenvalue weighted by atomic mass is 127. The zero-order valence-corrected chi connectivity index (χ0v) is 11.5. The zero-order chi connectivity index (χ0) is 12.1. The van der Waals surface area contributed by atoms with Crippen molar-refractivity contribution in [3.63, 3.8) is 0 Å². The molecule has 5 heteroatoms. The van der Waals surface area contributed by atoms with Crippen LogP contribution in [0.25, 0.3) is 0 Å². The summed E-state index contributed by atoms with van der Waals surface area (Å²) in [7, 11) is 0. The van der Waals surface area contributed by atoms with Gasteiger partial charge in [-0.1, -0.05) is 20.3 Å². The molecular formula is C11H15IN2O2. The molecule has 0 fully saturated rings. The summed E-state index contributed by atoms with van der Waals surface area (Å²) < 4.78 is 0.884. The predicted molar refractivity (Wildman–Crippen MR) is 73.8 cm³/mol. The highest BCUT2D eigenvalue weighted by molar-refractivity contribution is 14.1. The minimum atomic E-state index is -0.374. The molecule has 0 aromatic heterocycles. The number of nitro groups is 1. The Morgan fingerprint density at radius 3 is 2.75 bits per heavy atom. The lowest BCUT2D eigenvalue weighted by atomic mass is 10.1. The van der Waals surface area contributed by atoms with E-state index in [1.54, 1.807) is 12.1 Å². The van der Waals surface area contributed by atoms with Crippen LogP contribution in [0.5, 0.6) is 0 Å². The van der Waals surface area contributed by atoms with Gasteiger partial charge in [0.2, 0.25) is 0 Å². The zero-order valence-electron chi connectivity index (χ0n) is 9.37. The number of nitrogens with zero attached hydrogens (tertiary/aromatic N) is 1. The second-order valence-corrected chi connectivity index (χ2v) is 4.98. The lowest BCUT2D eigenvalue weighted by molar-refractivity contribution is -0.384. The van der Waals surface area contributed by atoms with Gasteiger partial charge in [-0.2, -0.15) is 0 Å². The van der Waals surface area contributed by atoms with Gasteiger partial charge in [-0.15, -0.1) is 0 Å². The van der Waals surface area contributed by atoms with Gasteiger partial charge in [0.25, 0.3) is 5.69 Å². The van der Waals surface area contributed by atoms with Crippen molar-refractivity contribution in [3.05, 3.63) is 31.9 Å². The second-order valence-electron chi connectivity index (χ2n) is 3.82. The summed E-state index contributed by atoms with van der Waals surface area (Å²) in [6.45, 7) is 5.21. The van der Waals surface area contributed by atoms with Gasteiger partial charge in [0.15, 0.2) is 0 Å². The summed E-state index contributed by atoms with van der Waals surface area (Å²) in [5.74, 6) is 0.603. The number of hydrogen-bond donors (Lipinski definition) is 1. The van der Waals surface area contributed by atoms with Gasteiger partial charge >= 0.3 is 0 Å². The van der Waals surface area contributed by atoms with Gasteiger partial charge in [-0.05, 0) is 34.6 Å². The van der Waals surface area contributed by atoms with Gasteiger partial charge in [0.1, 0.15) is 0 Å². The van der Waals surface area contributed by atoms with Crippen LogP contribution >= 0.6 is 22.6 Å². The molecule has 0 aliphatic rings. The minimum absolute atomic E-state index is 0.137. The smallest absolute Gasteiger partial charge is 0.270 e. The molecule has 1 unspecified atom stereocenters. The van der Waals surface area contributed by atoms with Gasteiger partial charge in [-0.3, -0.25) is 10.1 Å². The molecule has 0 heterocycles. The van der Waals surface area contributed by atoms with Gasteiger partial charge in [-0.25, -0.2) is 0 Å². The largest absolute Gasteiger partial charge is 0.384 e. The van der Waals surface area contributed by atoms with Crippen LogP contribution in [-0.2, 0) is 0 Å². The molecule has 1 N–H and O–H groups in total. The highest BCUT2D eigenvalue weighted by Gasteiger charge is 2.09. The molecule has 88 valence electrons. The molecule has 0 aliphatic heterocycles. The third-order valence-corrected chi connectivity index (χ3v) is 3.39. The van der Waals surface area contributed by atoms with Crippen molar-refractivity contribution in [2.45, 2.75) is 20.3 Å². The van der Waals surface area contributed by atoms with E-state index in [0.29, 0.717) is 5.92 Å². The van der Waals surface area contributed by atoms with Crippen LogP contribution in [0.15, 0.2) is 18.2 Å². The fourth-order valence-corrected chi connectivity index (χ4v) is 1.88. The maximum atomic E-state index is 10.6. The summed E-state index contributed by atoms with van der Waals surface area (Å²) >= 11 is 2.11. The first kappa shape index (κ1) is 13.2. The normalized spacial score (nSPS) is 12.2. The molecule has 0 saturated heterocycles. The average Bonchev–Trinajstić information content (AvgIpc) is 2.26. The molecule has 1 aromatic carbocycles. The number of halogens is 1. The predicted octanol–water partition coefficient (Wildman–Crippen LogP) is 3.66. The van der Waals surface area contributed by atoms with Crippen molar-refractivity contribution < 1.29 is 4.92 Å². The van der Waals surface area contributed by atoms with Crippen molar-refractivity contribution in [3.8, 4) is 0 Å². The van der Waals surface area contributed by atoms with Crippen LogP contribution in [0.4, 0.5) is 11.4 Å². The molecule has 0 aliphatic carbocycles. The van der Waals surface area contributed by atoms with Crippen molar-refractivity contribution in [2.24, 2.45) is 5.92 Å². The molecule has 1 atom stereocenters. The molecule has 16 heavy (non-hydrogen) atoms. The monoisotopic (exact) mass is 334 g/mol. The molecule has 0 radical (unpaired) electrons. The number of non-ortho nitro benzene ring substituents is 1. The van der Waals surface area contributed by atoms with E-state index < -0.39 is 0 Å². The maximum Gasteiger partial charge on any atom is 0.270 e. The SMILES string of the molecule is CCC(C)CNc1ccc([N+](=O)[O-])cc1I. The average molecular weight is 334 g/mol. The lowest BCUT2D eigenvalue weighted by Gasteiger charge is -2.12. The molecule has 0 spiro atoms. The van der Waals surface area contributed by atoms with Gasteiger partial charge in [0, 0.05) is 27.9 Å². The number of benzene rings is 1. The Kier molecular flexibility index (Phi) is 4.98. The van der Waals surface area contributed by atoms with E-state index in [0.717, 1.165) is 22.2 Å². The van der Waals surface area contributed by atoms with E-state index in [1.165, 1.54) is 6.07 Å². The number of nitrogens with one attached hydrogen (secondary N) is 1. The lowest BCUT2D eigenvalue weighted by Crippen LogP contribution is -2.11. The Balaban J connectivity index is 2.72. The third kappa shape index (κ3) is 3.62. The Bertz CT molecular complexity index is 382. The van der Waals surface area contributed by atoms with E-state index in [2.05, 4.69) is 41.8 Å². The van der Waals surface area contributed by atoms with E-state index >= 15 is 0 Å². The van der Waals surface area contributed by atoms with E-state index in [1.807, 2.05) is 0 Å². The fraction of sp³-hybridized carbons (Fsp3) is 0.455. The van der Waals surface area contributed by atoms with E-state index in [9.17, 15) is 10.1 Å². The van der Waals surface area contributed by atoms with Crippen molar-refractivity contribution in [2.75, 3.05) is 11.9 Å². The second kappa shape index (κ2) is 6.03. The van der Waals surface area contributed by atoms with Crippen molar-refractivity contribution in [1.29, 1.82) is 0 Å². The van der Waals surface area contributed by atoms with Crippen LogP contribution in [0.2, 0.25) is 0 Å². The summed E-state index contributed by atoms with van der Waals surface area (Å²) in [6, 6.07) is 4.88. The van der Waals surface area contributed by atoms with Crippen LogP contribution < -0.4 is 5.32 Å². The van der Waals surface area contributed by atoms with Crippen molar-refractivity contribution in [1.82, 2.24) is 0 Å². The number of nitro benzene ring substituents is 1. The summed E-state index contributed by atoms with van der Waals surface area (Å²) in [5.41, 5.74) is 1.10. The van der Waals surface area contributed by atoms with Crippen LogP contribution in [-0.4, -0.2) is 11.5 Å². The molecule has 0 bridgehead atoms. The number of anilines is 1.